The van der Waals surface area contributed by atoms with Gasteiger partial charge in [0.1, 0.15) is 30.2 Å². The Morgan fingerprint density at radius 1 is 1.15 bits per heavy atom. The van der Waals surface area contributed by atoms with E-state index < -0.39 is 41.9 Å². The zero-order valence-corrected chi connectivity index (χ0v) is 32.0. The number of aromatic hydroxyl groups is 1. The molecule has 294 valence electrons. The minimum absolute atomic E-state index is 0.00286. The number of nitrogens with zero attached hydrogens (tertiary/aromatic N) is 1. The number of aliphatic hydroxyl groups is 2. The third-order valence-corrected chi connectivity index (χ3v) is 9.87. The second kappa shape index (κ2) is 21.1. The number of carbonyl (C=O) groups excluding carboxylic acids is 4. The summed E-state index contributed by atoms with van der Waals surface area (Å²) in [5.74, 6) is -2.79. The number of allylic oxidation sites excluding steroid dienone is 3. The number of esters is 1. The number of aldehydes is 1. The van der Waals surface area contributed by atoms with Gasteiger partial charge in [-0.1, -0.05) is 63.3 Å². The molecule has 2 amide bonds. The van der Waals surface area contributed by atoms with Crippen LogP contribution < -0.4 is 16.1 Å². The van der Waals surface area contributed by atoms with Crippen LogP contribution in [0.5, 0.6) is 5.75 Å². The number of phenols is 1. The third kappa shape index (κ3) is 13.5. The summed E-state index contributed by atoms with van der Waals surface area (Å²) in [4.78, 5) is 52.2. The van der Waals surface area contributed by atoms with E-state index in [1.165, 1.54) is 11.1 Å². The van der Waals surface area contributed by atoms with E-state index in [0.717, 1.165) is 6.29 Å². The molecule has 0 saturated carbocycles. The average molecular weight is 741 g/mol. The van der Waals surface area contributed by atoms with Gasteiger partial charge in [-0.05, 0) is 81.7 Å². The number of nitrogens with one attached hydrogen (secondary N) is 3. The summed E-state index contributed by atoms with van der Waals surface area (Å²) in [5.41, 5.74) is 4.36. The number of rotatable bonds is 18. The van der Waals surface area contributed by atoms with E-state index in [2.05, 4.69) is 16.1 Å². The lowest BCUT2D eigenvalue weighted by Crippen LogP contribution is -2.61. The zero-order chi connectivity index (χ0) is 39.1. The van der Waals surface area contributed by atoms with Gasteiger partial charge in [0, 0.05) is 31.7 Å². The summed E-state index contributed by atoms with van der Waals surface area (Å²) in [6.07, 6.45) is 12.0. The number of hydrazine groups is 1. The number of carbonyl (C=O) groups is 4. The molecule has 8 atom stereocenters. The van der Waals surface area contributed by atoms with Gasteiger partial charge in [-0.2, -0.15) is 0 Å². The number of ether oxygens (including phenoxy) is 2. The lowest BCUT2D eigenvalue weighted by Gasteiger charge is -2.40. The van der Waals surface area contributed by atoms with Gasteiger partial charge in [-0.25, -0.2) is 5.43 Å². The van der Waals surface area contributed by atoms with E-state index in [4.69, 9.17) is 9.47 Å². The van der Waals surface area contributed by atoms with Crippen LogP contribution in [0.25, 0.3) is 0 Å². The van der Waals surface area contributed by atoms with Gasteiger partial charge in [0.25, 0.3) is 5.91 Å². The van der Waals surface area contributed by atoms with Crippen molar-refractivity contribution in [1.82, 2.24) is 21.1 Å². The Hall–Kier alpha value is -3.88. The van der Waals surface area contributed by atoms with Crippen LogP contribution in [0.3, 0.4) is 0 Å². The van der Waals surface area contributed by atoms with Crippen LogP contribution in [0.1, 0.15) is 78.7 Å². The number of likely N-dealkylation sites (N-methyl/N-ethyl adjacent to an activating group) is 1. The van der Waals surface area contributed by atoms with E-state index >= 15 is 0 Å². The molecule has 0 aliphatic carbocycles. The lowest BCUT2D eigenvalue weighted by molar-refractivity contribution is -0.261. The number of hydrogen-bond donors (Lipinski definition) is 6. The molecule has 6 unspecified atom stereocenters. The van der Waals surface area contributed by atoms with E-state index in [1.807, 2.05) is 45.1 Å². The minimum Gasteiger partial charge on any atom is -0.508 e. The molecule has 0 bridgehead atoms. The van der Waals surface area contributed by atoms with Crippen LogP contribution in [0.2, 0.25) is 0 Å². The minimum atomic E-state index is -1.24. The van der Waals surface area contributed by atoms with Gasteiger partial charge < -0.3 is 40.2 Å². The van der Waals surface area contributed by atoms with Crippen LogP contribution in [0.15, 0.2) is 60.2 Å². The van der Waals surface area contributed by atoms with E-state index in [9.17, 15) is 34.5 Å². The largest absolute Gasteiger partial charge is 0.508 e. The summed E-state index contributed by atoms with van der Waals surface area (Å²) in [7, 11) is 1.68. The number of phenolic OH excluding ortho intramolecular Hbond substituents is 1. The van der Waals surface area contributed by atoms with Crippen molar-refractivity contribution >= 4 is 24.1 Å². The van der Waals surface area contributed by atoms with Gasteiger partial charge in [-0.15, -0.1) is 0 Å². The van der Waals surface area contributed by atoms with E-state index in [0.29, 0.717) is 56.2 Å². The molecule has 0 aromatic heterocycles. The molecule has 0 radical (unpaired) electrons. The van der Waals surface area contributed by atoms with Crippen molar-refractivity contribution in [2.24, 2.45) is 17.8 Å². The predicted molar refractivity (Wildman–Crippen MR) is 201 cm³/mol. The first-order valence-corrected chi connectivity index (χ1v) is 18.7. The SMILES string of the molecule is CNC(C(=O)N[C@@H](Cc1cccc(O)c1)C(=O)N1CCCC(C(=O)O[C@@H](C/C=C/C=C/CC(C)C2OC(C)(O)CCC2C=O)/C(C)=C/CO)N1)C(C)C. The highest BCUT2D eigenvalue weighted by molar-refractivity contribution is 5.90. The van der Waals surface area contributed by atoms with Crippen LogP contribution >= 0.6 is 0 Å². The Bertz CT molecular complexity index is 1460. The summed E-state index contributed by atoms with van der Waals surface area (Å²) in [5, 5.41) is 37.2. The fourth-order valence-corrected chi connectivity index (χ4v) is 6.78. The average Bonchev–Trinajstić information content (AvgIpc) is 3.11. The van der Waals surface area contributed by atoms with Gasteiger partial charge in [0.15, 0.2) is 5.79 Å². The molecule has 2 aliphatic rings. The molecule has 2 aliphatic heterocycles. The molecule has 13 heteroatoms. The molecule has 0 spiro atoms. The molecule has 1 aromatic carbocycles. The Kier molecular flexibility index (Phi) is 17.3. The molecule has 2 saturated heterocycles. The number of amides is 2. The van der Waals surface area contributed by atoms with Crippen molar-refractivity contribution in [3.63, 3.8) is 0 Å². The van der Waals surface area contributed by atoms with Crippen molar-refractivity contribution in [3.8, 4) is 5.75 Å². The fourth-order valence-electron chi connectivity index (χ4n) is 6.78. The van der Waals surface area contributed by atoms with E-state index in [1.54, 1.807) is 45.2 Å². The maximum absolute atomic E-state index is 13.9. The molecule has 3 rings (SSSR count). The first kappa shape index (κ1) is 43.5. The molecule has 13 nitrogen and oxygen atoms in total. The van der Waals surface area contributed by atoms with Crippen molar-refractivity contribution in [1.29, 1.82) is 0 Å². The fraction of sp³-hybridized carbons (Fsp3) is 0.600. The van der Waals surface area contributed by atoms with Crippen LogP contribution in [-0.4, -0.2) is 101 Å². The highest BCUT2D eigenvalue weighted by atomic mass is 16.6. The molecular formula is C40H60N4O9. The van der Waals surface area contributed by atoms with Gasteiger partial charge in [-0.3, -0.25) is 19.4 Å². The first-order valence-electron chi connectivity index (χ1n) is 18.7. The molecule has 6 N–H and O–H groups in total. The highest BCUT2D eigenvalue weighted by Crippen LogP contribution is 2.34. The smallest absolute Gasteiger partial charge is 0.325 e. The van der Waals surface area contributed by atoms with Crippen LogP contribution in [0.4, 0.5) is 0 Å². The normalized spacial score (nSPS) is 24.9. The summed E-state index contributed by atoms with van der Waals surface area (Å²) < 4.78 is 11.8. The van der Waals surface area contributed by atoms with Gasteiger partial charge in [0.05, 0.1) is 18.8 Å². The predicted octanol–water partition coefficient (Wildman–Crippen LogP) is 3.24. The van der Waals surface area contributed by atoms with Crippen LogP contribution in [0, 0.1) is 17.8 Å². The van der Waals surface area contributed by atoms with Crippen LogP contribution in [-0.2, 0) is 35.1 Å². The maximum atomic E-state index is 13.9. The Morgan fingerprint density at radius 3 is 2.51 bits per heavy atom. The number of aliphatic hydroxyl groups excluding tert-OH is 1. The van der Waals surface area contributed by atoms with Crippen molar-refractivity contribution in [2.75, 3.05) is 20.2 Å². The van der Waals surface area contributed by atoms with E-state index in [-0.39, 0.29) is 48.5 Å². The summed E-state index contributed by atoms with van der Waals surface area (Å²) in [6.45, 7) is 9.28. The Balaban J connectivity index is 1.65. The van der Waals surface area contributed by atoms with Crippen molar-refractivity contribution in [3.05, 3.63) is 65.8 Å². The monoisotopic (exact) mass is 740 g/mol. The zero-order valence-electron chi connectivity index (χ0n) is 32.0. The molecule has 1 aromatic rings. The molecule has 2 fully saturated rings. The van der Waals surface area contributed by atoms with Gasteiger partial charge >= 0.3 is 5.97 Å². The number of benzene rings is 1. The Morgan fingerprint density at radius 2 is 1.87 bits per heavy atom. The number of hydrogen-bond acceptors (Lipinski definition) is 11. The standard InChI is InChI=1S/C40H60N4O9/c1-26(2)35(41-6)37(48)42-33(24-29-14-11-15-31(47)23-29)38(49)44-21-12-16-32(43-44)39(50)52-34(27(3)19-22-45)17-10-8-7-9-13-28(4)36-30(25-46)18-20-40(5,51)53-36/h7-11,14-15,19,23,25-26,28,30,32-36,41,43,45,47,51H,12-13,16-18,20-22,24H2,1-6H3,(H,42,48)/b9-7+,10-8+,27-19+/t28?,30?,32?,33-,34-,35?,36?,40?/m0/s1. The molecule has 53 heavy (non-hydrogen) atoms. The third-order valence-electron chi connectivity index (χ3n) is 9.87. The topological polar surface area (TPSA) is 187 Å². The molecule has 2 heterocycles. The summed E-state index contributed by atoms with van der Waals surface area (Å²) >= 11 is 0. The molecular weight excluding hydrogens is 680 g/mol. The first-order chi connectivity index (χ1) is 25.2. The second-order valence-electron chi connectivity index (χ2n) is 14.7. The summed E-state index contributed by atoms with van der Waals surface area (Å²) in [6, 6.07) is 4.19. The highest BCUT2D eigenvalue weighted by Gasteiger charge is 2.39. The Labute approximate surface area is 313 Å². The van der Waals surface area contributed by atoms with Crippen molar-refractivity contribution in [2.45, 2.75) is 116 Å². The lowest BCUT2D eigenvalue weighted by atomic mass is 9.84. The van der Waals surface area contributed by atoms with Gasteiger partial charge in [0.2, 0.25) is 5.91 Å². The second-order valence-corrected chi connectivity index (χ2v) is 14.7. The maximum Gasteiger partial charge on any atom is 0.325 e. The quantitative estimate of drug-likeness (QED) is 0.0562. The van der Waals surface area contributed by atoms with Crippen molar-refractivity contribution < 1.29 is 44.0 Å².